The Morgan fingerprint density at radius 3 is 2.86 bits per heavy atom. The van der Waals surface area contributed by atoms with Crippen LogP contribution in [-0.4, -0.2) is 38.6 Å². The molecule has 2 amide bonds. The summed E-state index contributed by atoms with van der Waals surface area (Å²) in [5.41, 5.74) is 2.70. The van der Waals surface area contributed by atoms with Crippen LogP contribution in [0.4, 0.5) is 0 Å². The van der Waals surface area contributed by atoms with Crippen molar-refractivity contribution >= 4 is 23.2 Å². The lowest BCUT2D eigenvalue weighted by molar-refractivity contribution is -0.136. The Labute approximate surface area is 169 Å². The first-order chi connectivity index (χ1) is 13.5. The second kappa shape index (κ2) is 7.35. The molecule has 0 radical (unpaired) electrons. The molecule has 0 aromatic carbocycles. The van der Waals surface area contributed by atoms with Gasteiger partial charge in [-0.3, -0.25) is 14.3 Å². The van der Waals surface area contributed by atoms with E-state index in [0.29, 0.717) is 13.0 Å². The fourth-order valence-electron chi connectivity index (χ4n) is 5.07. The molecule has 150 valence electrons. The van der Waals surface area contributed by atoms with Crippen LogP contribution >= 0.6 is 11.3 Å². The van der Waals surface area contributed by atoms with Crippen molar-refractivity contribution in [2.45, 2.75) is 64.6 Å². The number of carbonyl (C=O) groups excluding carboxylic acids is 2. The molecule has 4 rings (SSSR count). The van der Waals surface area contributed by atoms with Gasteiger partial charge in [-0.25, -0.2) is 0 Å². The van der Waals surface area contributed by atoms with Gasteiger partial charge in [-0.1, -0.05) is 6.92 Å². The normalized spacial score (nSPS) is 26.0. The summed E-state index contributed by atoms with van der Waals surface area (Å²) in [5.74, 6) is 0.246. The minimum absolute atomic E-state index is 0.0173. The Bertz CT molecular complexity index is 875. The minimum Gasteiger partial charge on any atom is -0.351 e. The zero-order valence-corrected chi connectivity index (χ0v) is 17.6. The van der Waals surface area contributed by atoms with Crippen molar-refractivity contribution in [2.24, 2.45) is 12.5 Å². The third-order valence-corrected chi connectivity index (χ3v) is 7.56. The number of rotatable bonds is 6. The first-order valence-electron chi connectivity index (χ1n) is 10.0. The van der Waals surface area contributed by atoms with E-state index in [9.17, 15) is 9.59 Å². The van der Waals surface area contributed by atoms with Gasteiger partial charge in [0.05, 0.1) is 18.0 Å². The van der Waals surface area contributed by atoms with E-state index in [1.165, 1.54) is 0 Å². The van der Waals surface area contributed by atoms with Crippen LogP contribution in [0.3, 0.4) is 0 Å². The SMILES string of the molecule is CC[C@@]1(C(=O)NCc2cnn(C)c2C)C[C@@H]2CC[C@H]1N2C(=O)Cc1ccsc1. The van der Waals surface area contributed by atoms with E-state index in [0.717, 1.165) is 42.5 Å². The highest BCUT2D eigenvalue weighted by Crippen LogP contribution is 2.52. The van der Waals surface area contributed by atoms with Crippen LogP contribution in [0.1, 0.15) is 49.4 Å². The van der Waals surface area contributed by atoms with Crippen LogP contribution in [0.15, 0.2) is 23.0 Å². The van der Waals surface area contributed by atoms with Crippen molar-refractivity contribution in [3.63, 3.8) is 0 Å². The molecule has 0 aliphatic carbocycles. The maximum Gasteiger partial charge on any atom is 0.228 e. The lowest BCUT2D eigenvalue weighted by Crippen LogP contribution is -2.49. The van der Waals surface area contributed by atoms with Gasteiger partial charge >= 0.3 is 0 Å². The molecule has 0 unspecified atom stereocenters. The fourth-order valence-corrected chi connectivity index (χ4v) is 5.74. The van der Waals surface area contributed by atoms with Gasteiger partial charge in [0, 0.05) is 36.9 Å². The van der Waals surface area contributed by atoms with Crippen molar-refractivity contribution < 1.29 is 9.59 Å². The highest BCUT2D eigenvalue weighted by molar-refractivity contribution is 7.08. The third-order valence-electron chi connectivity index (χ3n) is 6.82. The number of aromatic nitrogens is 2. The number of nitrogens with zero attached hydrogens (tertiary/aromatic N) is 3. The Morgan fingerprint density at radius 2 is 2.21 bits per heavy atom. The number of nitrogens with one attached hydrogen (secondary N) is 1. The maximum absolute atomic E-state index is 13.3. The molecule has 6 nitrogen and oxygen atoms in total. The Morgan fingerprint density at radius 1 is 1.39 bits per heavy atom. The summed E-state index contributed by atoms with van der Waals surface area (Å²) in [5, 5.41) is 11.4. The molecule has 2 aromatic rings. The predicted octanol–water partition coefficient (Wildman–Crippen LogP) is 2.81. The summed E-state index contributed by atoms with van der Waals surface area (Å²) in [6, 6.07) is 2.22. The molecule has 2 fully saturated rings. The van der Waals surface area contributed by atoms with Crippen molar-refractivity contribution in [3.05, 3.63) is 39.8 Å². The minimum atomic E-state index is -0.469. The van der Waals surface area contributed by atoms with Gasteiger partial charge in [-0.15, -0.1) is 0 Å². The lowest BCUT2D eigenvalue weighted by Gasteiger charge is -2.35. The molecule has 3 atom stereocenters. The van der Waals surface area contributed by atoms with Crippen LogP contribution in [0, 0.1) is 12.3 Å². The summed E-state index contributed by atoms with van der Waals surface area (Å²) in [6.07, 6.45) is 5.72. The van der Waals surface area contributed by atoms with Crippen molar-refractivity contribution in [2.75, 3.05) is 0 Å². The van der Waals surface area contributed by atoms with Gasteiger partial charge in [0.15, 0.2) is 0 Å². The Hall–Kier alpha value is -2.15. The first kappa shape index (κ1) is 19.2. The van der Waals surface area contributed by atoms with Crippen LogP contribution < -0.4 is 5.32 Å². The zero-order chi connectivity index (χ0) is 19.9. The molecule has 4 heterocycles. The monoisotopic (exact) mass is 400 g/mol. The predicted molar refractivity (Wildman–Crippen MR) is 109 cm³/mol. The molecule has 7 heteroatoms. The van der Waals surface area contributed by atoms with Crippen molar-refractivity contribution in [1.82, 2.24) is 20.0 Å². The van der Waals surface area contributed by atoms with Gasteiger partial charge in [-0.2, -0.15) is 16.4 Å². The summed E-state index contributed by atoms with van der Waals surface area (Å²) in [6.45, 7) is 4.57. The highest BCUT2D eigenvalue weighted by Gasteiger charge is 2.59. The maximum atomic E-state index is 13.3. The van der Waals surface area contributed by atoms with E-state index in [1.54, 1.807) is 11.3 Å². The van der Waals surface area contributed by atoms with Gasteiger partial charge in [0.25, 0.3) is 0 Å². The molecule has 2 aromatic heterocycles. The number of aryl methyl sites for hydroxylation is 1. The van der Waals surface area contributed by atoms with Crippen LogP contribution in [-0.2, 0) is 29.6 Å². The molecule has 0 spiro atoms. The quantitative estimate of drug-likeness (QED) is 0.811. The number of amides is 2. The summed E-state index contributed by atoms with van der Waals surface area (Å²) >= 11 is 1.62. The number of hydrogen-bond acceptors (Lipinski definition) is 4. The number of fused-ring (bicyclic) bond motifs is 2. The van der Waals surface area contributed by atoms with E-state index in [-0.39, 0.29) is 23.9 Å². The zero-order valence-electron chi connectivity index (χ0n) is 16.8. The number of carbonyl (C=O) groups is 2. The van der Waals surface area contributed by atoms with Crippen LogP contribution in [0.2, 0.25) is 0 Å². The molecule has 2 bridgehead atoms. The summed E-state index contributed by atoms with van der Waals surface area (Å²) in [7, 11) is 1.90. The van der Waals surface area contributed by atoms with Gasteiger partial charge in [0.2, 0.25) is 11.8 Å². The van der Waals surface area contributed by atoms with Gasteiger partial charge < -0.3 is 10.2 Å². The smallest absolute Gasteiger partial charge is 0.228 e. The fraction of sp³-hybridized carbons (Fsp3) is 0.571. The standard InChI is InChI=1S/C21H28N4O2S/c1-4-21(20(27)22-11-16-12-23-24(3)14(16)2)10-17-5-6-18(21)25(17)19(26)9-15-7-8-28-13-15/h7-8,12-13,17-18H,4-6,9-11H2,1-3H3,(H,22,27)/t17-,18+,21+/m0/s1. The second-order valence-electron chi connectivity index (χ2n) is 8.13. The average Bonchev–Trinajstić information content (AvgIpc) is 3.46. The molecule has 2 aliphatic rings. The van der Waals surface area contributed by atoms with Crippen LogP contribution in [0.25, 0.3) is 0 Å². The summed E-state index contributed by atoms with van der Waals surface area (Å²) in [4.78, 5) is 28.3. The Kier molecular flexibility index (Phi) is 5.04. The average molecular weight is 401 g/mol. The lowest BCUT2D eigenvalue weighted by atomic mass is 9.71. The van der Waals surface area contributed by atoms with Gasteiger partial charge in [-0.05, 0) is 55.0 Å². The molecule has 2 saturated heterocycles. The Balaban J connectivity index is 1.48. The largest absolute Gasteiger partial charge is 0.351 e. The van der Waals surface area contributed by atoms with Crippen molar-refractivity contribution in [1.29, 1.82) is 0 Å². The van der Waals surface area contributed by atoms with E-state index in [4.69, 9.17) is 0 Å². The van der Waals surface area contributed by atoms with E-state index in [2.05, 4.69) is 17.3 Å². The van der Waals surface area contributed by atoms with Crippen molar-refractivity contribution in [3.8, 4) is 0 Å². The topological polar surface area (TPSA) is 67.2 Å². The third kappa shape index (κ3) is 3.05. The number of hydrogen-bond donors (Lipinski definition) is 1. The molecule has 1 N–H and O–H groups in total. The van der Waals surface area contributed by atoms with Gasteiger partial charge in [0.1, 0.15) is 0 Å². The molecule has 0 saturated carbocycles. The second-order valence-corrected chi connectivity index (χ2v) is 8.91. The van der Waals surface area contributed by atoms with E-state index in [1.807, 2.05) is 46.6 Å². The highest BCUT2D eigenvalue weighted by atomic mass is 32.1. The molecular weight excluding hydrogens is 372 g/mol. The molecule has 2 aliphatic heterocycles. The first-order valence-corrected chi connectivity index (χ1v) is 11.0. The summed E-state index contributed by atoms with van der Waals surface area (Å²) < 4.78 is 1.82. The molecular formula is C21H28N4O2S. The molecule has 28 heavy (non-hydrogen) atoms. The number of thiophene rings is 1. The van der Waals surface area contributed by atoms with Crippen LogP contribution in [0.5, 0.6) is 0 Å². The van der Waals surface area contributed by atoms with E-state index < -0.39 is 5.41 Å². The van der Waals surface area contributed by atoms with E-state index >= 15 is 0 Å².